The molecule has 0 saturated carbocycles. The molecule has 3 rings (SSSR count). The Bertz CT molecular complexity index is 858. The van der Waals surface area contributed by atoms with Gasteiger partial charge in [0.05, 0.1) is 24.6 Å². The van der Waals surface area contributed by atoms with Crippen molar-refractivity contribution in [3.05, 3.63) is 59.1 Å². The molecule has 0 aromatic heterocycles. The predicted octanol–water partition coefficient (Wildman–Crippen LogP) is 6.38. The van der Waals surface area contributed by atoms with Gasteiger partial charge in [0.15, 0.2) is 5.85 Å². The van der Waals surface area contributed by atoms with E-state index in [9.17, 15) is 4.57 Å². The molecule has 6 nitrogen and oxygen atoms in total. The number of hydrogen-bond donors (Lipinski definition) is 2. The smallest absolute Gasteiger partial charge is 0.319 e. The molecule has 1 aliphatic heterocycles. The molecule has 0 aliphatic carbocycles. The van der Waals surface area contributed by atoms with Gasteiger partial charge in [-0.3, -0.25) is 9.09 Å². The highest BCUT2D eigenvalue weighted by molar-refractivity contribution is 8.13. The molecule has 0 saturated heterocycles. The van der Waals surface area contributed by atoms with E-state index in [0.717, 1.165) is 11.4 Å². The first-order valence-corrected chi connectivity index (χ1v) is 13.2. The Morgan fingerprint density at radius 3 is 2.04 bits per heavy atom. The van der Waals surface area contributed by atoms with E-state index in [0.29, 0.717) is 10.6 Å². The Kier molecular flexibility index (Phi) is 6.65. The number of rotatable bonds is 8. The summed E-state index contributed by atoms with van der Waals surface area (Å²) in [6.45, 7) is 1.18. The molecule has 0 bridgehead atoms. The molecular formula is C17H21ClN2O4P2S. The van der Waals surface area contributed by atoms with Crippen molar-refractivity contribution < 1.29 is 18.1 Å². The maximum atomic E-state index is 13.5. The van der Waals surface area contributed by atoms with Crippen LogP contribution < -0.4 is 10.2 Å². The Morgan fingerprint density at radius 2 is 1.56 bits per heavy atom. The number of para-hydroxylation sites is 2. The van der Waals surface area contributed by atoms with Crippen molar-refractivity contribution in [2.75, 3.05) is 23.4 Å². The quantitative estimate of drug-likeness (QED) is 0.456. The average Bonchev–Trinajstić information content (AvgIpc) is 2.97. The van der Waals surface area contributed by atoms with Gasteiger partial charge in [0, 0.05) is 5.02 Å². The van der Waals surface area contributed by atoms with E-state index in [1.165, 1.54) is 0 Å². The minimum atomic E-state index is -3.64. The Labute approximate surface area is 169 Å². The van der Waals surface area contributed by atoms with E-state index < -0.39 is 20.0 Å². The largest absolute Gasteiger partial charge is 0.364 e. The van der Waals surface area contributed by atoms with Gasteiger partial charge in [-0.05, 0) is 55.5 Å². The maximum absolute atomic E-state index is 13.5. The summed E-state index contributed by atoms with van der Waals surface area (Å²) in [5.74, 6) is -0.991. The van der Waals surface area contributed by atoms with Gasteiger partial charge in [0.25, 0.3) is 0 Å². The first-order chi connectivity index (χ1) is 12.9. The lowest BCUT2D eigenvalue weighted by Crippen LogP contribution is -2.12. The molecule has 0 radical (unpaired) electrons. The Balaban J connectivity index is 1.96. The minimum Gasteiger partial charge on any atom is -0.319 e. The van der Waals surface area contributed by atoms with E-state index in [4.69, 9.17) is 37.0 Å². The van der Waals surface area contributed by atoms with Crippen molar-refractivity contribution in [1.29, 1.82) is 0 Å². The van der Waals surface area contributed by atoms with Crippen LogP contribution in [0.3, 0.4) is 0 Å². The van der Waals surface area contributed by atoms with Gasteiger partial charge in [-0.1, -0.05) is 35.9 Å². The fraction of sp³-hybridized carbons (Fsp3) is 0.294. The van der Waals surface area contributed by atoms with Crippen LogP contribution in [0.15, 0.2) is 48.5 Å². The van der Waals surface area contributed by atoms with Crippen molar-refractivity contribution in [2.45, 2.75) is 19.7 Å². The Morgan fingerprint density at radius 1 is 1.04 bits per heavy atom. The highest BCUT2D eigenvalue weighted by Gasteiger charge is 2.43. The molecule has 2 aromatic rings. The highest BCUT2D eigenvalue weighted by atomic mass is 35.5. The van der Waals surface area contributed by atoms with E-state index in [2.05, 4.69) is 10.2 Å². The summed E-state index contributed by atoms with van der Waals surface area (Å²) < 4.78 is 30.8. The van der Waals surface area contributed by atoms with Crippen LogP contribution in [0.4, 0.5) is 11.4 Å². The van der Waals surface area contributed by atoms with Crippen molar-refractivity contribution >= 4 is 48.9 Å². The fourth-order valence-corrected chi connectivity index (χ4v) is 7.92. The molecule has 1 heterocycles. The Hall–Kier alpha value is -0.910. The summed E-state index contributed by atoms with van der Waals surface area (Å²) in [4.78, 5) is 0. The molecule has 0 spiro atoms. The molecule has 2 N–H and O–H groups in total. The monoisotopic (exact) mass is 446 g/mol. The number of anilines is 2. The first kappa shape index (κ1) is 20.8. The standard InChI is InChI=1S/C17H21ClN2O4P2S/c1-3-22-25(21,23-4-2)17(13-9-11-14(18)12-10-13)24-26(27)19-15-7-5-6-8-16(15)20-26/h5-12,17H,3-4H2,1-2H3,(H2,19,20,27). The van der Waals surface area contributed by atoms with Crippen LogP contribution in [-0.4, -0.2) is 13.2 Å². The van der Waals surface area contributed by atoms with Gasteiger partial charge in [-0.25, -0.2) is 0 Å². The van der Waals surface area contributed by atoms with E-state index in [-0.39, 0.29) is 13.2 Å². The van der Waals surface area contributed by atoms with Crippen molar-refractivity contribution in [1.82, 2.24) is 0 Å². The van der Waals surface area contributed by atoms with Crippen molar-refractivity contribution in [3.8, 4) is 0 Å². The fourth-order valence-electron chi connectivity index (χ4n) is 2.68. The van der Waals surface area contributed by atoms with Crippen LogP contribution in [-0.2, 0) is 29.9 Å². The summed E-state index contributed by atoms with van der Waals surface area (Å²) in [7, 11) is -3.64. The van der Waals surface area contributed by atoms with Crippen molar-refractivity contribution in [3.63, 3.8) is 0 Å². The van der Waals surface area contributed by atoms with Crippen LogP contribution >= 0.6 is 25.8 Å². The van der Waals surface area contributed by atoms with E-state index >= 15 is 0 Å². The number of benzene rings is 2. The molecular weight excluding hydrogens is 426 g/mol. The van der Waals surface area contributed by atoms with E-state index in [1.54, 1.807) is 38.1 Å². The zero-order valence-corrected chi connectivity index (χ0v) is 18.3. The van der Waals surface area contributed by atoms with Crippen LogP contribution in [0, 0.1) is 0 Å². The highest BCUT2D eigenvalue weighted by Crippen LogP contribution is 2.68. The summed E-state index contributed by atoms with van der Waals surface area (Å²) >= 11 is 11.7. The summed E-state index contributed by atoms with van der Waals surface area (Å²) in [5, 5.41) is 6.99. The lowest BCUT2D eigenvalue weighted by atomic mass is 10.2. The summed E-state index contributed by atoms with van der Waals surface area (Å²) in [6, 6.07) is 14.5. The molecule has 27 heavy (non-hydrogen) atoms. The van der Waals surface area contributed by atoms with Crippen LogP contribution in [0.5, 0.6) is 0 Å². The summed E-state index contributed by atoms with van der Waals surface area (Å²) in [5.41, 5.74) is 2.31. The first-order valence-electron chi connectivity index (χ1n) is 8.47. The van der Waals surface area contributed by atoms with Crippen LogP contribution in [0.1, 0.15) is 25.3 Å². The molecule has 10 heteroatoms. The lowest BCUT2D eigenvalue weighted by molar-refractivity contribution is 0.169. The molecule has 0 amide bonds. The van der Waals surface area contributed by atoms with Crippen molar-refractivity contribution in [2.24, 2.45) is 0 Å². The van der Waals surface area contributed by atoms with Crippen LogP contribution in [0.2, 0.25) is 5.02 Å². The third-order valence-corrected chi connectivity index (χ3v) is 8.79. The zero-order valence-electron chi connectivity index (χ0n) is 14.9. The maximum Gasteiger partial charge on any atom is 0.364 e. The SMILES string of the molecule is CCOP(=O)(OCC)C(OP1(=S)Nc2ccccc2N1)c1ccc(Cl)cc1. The third kappa shape index (κ3) is 4.75. The van der Waals surface area contributed by atoms with Gasteiger partial charge >= 0.3 is 7.60 Å². The minimum absolute atomic E-state index is 0.217. The average molecular weight is 447 g/mol. The van der Waals surface area contributed by atoms with Gasteiger partial charge in [0.1, 0.15) is 0 Å². The zero-order chi connectivity index (χ0) is 19.5. The lowest BCUT2D eigenvalue weighted by Gasteiger charge is -2.30. The molecule has 0 fully saturated rings. The van der Waals surface area contributed by atoms with Gasteiger partial charge in [-0.2, -0.15) is 0 Å². The second-order valence-electron chi connectivity index (χ2n) is 5.71. The number of nitrogens with one attached hydrogen (secondary N) is 2. The third-order valence-electron chi connectivity index (χ3n) is 3.77. The molecule has 1 unspecified atom stereocenters. The van der Waals surface area contributed by atoms with Gasteiger partial charge in [0.2, 0.25) is 6.57 Å². The molecule has 1 aliphatic rings. The normalized spacial score (nSPS) is 16.3. The molecule has 146 valence electrons. The van der Waals surface area contributed by atoms with E-state index in [1.807, 2.05) is 24.3 Å². The van der Waals surface area contributed by atoms with Gasteiger partial charge < -0.3 is 19.2 Å². The topological polar surface area (TPSA) is 68.8 Å². The number of halogens is 1. The number of fused-ring (bicyclic) bond motifs is 1. The second kappa shape index (κ2) is 8.62. The number of hydrogen-bond acceptors (Lipinski definition) is 5. The van der Waals surface area contributed by atoms with Gasteiger partial charge in [-0.15, -0.1) is 0 Å². The molecule has 1 atom stereocenters. The van der Waals surface area contributed by atoms with Crippen LogP contribution in [0.25, 0.3) is 0 Å². The summed E-state index contributed by atoms with van der Waals surface area (Å²) in [6.07, 6.45) is 0. The second-order valence-corrected chi connectivity index (χ2v) is 11.5. The molecule has 2 aromatic carbocycles. The predicted molar refractivity (Wildman–Crippen MR) is 114 cm³/mol.